The Labute approximate surface area is 75.5 Å². The lowest BCUT2D eigenvalue weighted by atomic mass is 10.3. The fraction of sp³-hybridized carbons (Fsp3) is 0.125. The minimum absolute atomic E-state index is 0.598. The Hall–Kier alpha value is -1.06. The molecular weight excluding hydrogens is 176 g/mol. The van der Waals surface area contributed by atoms with Crippen LogP contribution >= 0.6 is 11.6 Å². The highest BCUT2D eigenvalue weighted by atomic mass is 35.5. The van der Waals surface area contributed by atoms with E-state index in [0.717, 1.165) is 5.69 Å². The van der Waals surface area contributed by atoms with E-state index in [1.54, 1.807) is 12.1 Å². The minimum Gasteiger partial charge on any atom is -0.363 e. The molecule has 64 valence electrons. The first-order valence-electron chi connectivity index (χ1n) is 3.46. The molecule has 0 radical (unpaired) electrons. The van der Waals surface area contributed by atoms with Gasteiger partial charge in [-0.2, -0.15) is 0 Å². The summed E-state index contributed by atoms with van der Waals surface area (Å²) in [5.41, 5.74) is 6.13. The number of anilines is 1. The number of hydrogen-bond acceptors (Lipinski definition) is 3. The third-order valence-electron chi connectivity index (χ3n) is 1.34. The van der Waals surface area contributed by atoms with Crippen molar-refractivity contribution in [1.29, 1.82) is 0 Å². The normalized spacial score (nSPS) is 12.2. The summed E-state index contributed by atoms with van der Waals surface area (Å²) in [7, 11) is 0. The van der Waals surface area contributed by atoms with Crippen LogP contribution in [0.5, 0.6) is 0 Å². The highest BCUT2D eigenvalue weighted by molar-refractivity contribution is 6.64. The molecule has 0 saturated carbocycles. The van der Waals surface area contributed by atoms with Gasteiger partial charge >= 0.3 is 0 Å². The molecule has 1 aromatic carbocycles. The molecule has 4 heteroatoms. The molecule has 1 rings (SSSR count). The van der Waals surface area contributed by atoms with Crippen LogP contribution < -0.4 is 11.1 Å². The van der Waals surface area contributed by atoms with Crippen molar-refractivity contribution in [2.45, 2.75) is 6.17 Å². The molecule has 0 fully saturated rings. The lowest BCUT2D eigenvalue weighted by Crippen LogP contribution is -2.35. The molecule has 0 aliphatic rings. The number of para-hydroxylation sites is 1. The fourth-order valence-electron chi connectivity index (χ4n) is 0.771. The van der Waals surface area contributed by atoms with Gasteiger partial charge in [0.1, 0.15) is 0 Å². The first-order valence-corrected chi connectivity index (χ1v) is 3.84. The highest BCUT2D eigenvalue weighted by Crippen LogP contribution is 2.05. The van der Waals surface area contributed by atoms with Crippen molar-refractivity contribution in [2.24, 2.45) is 5.73 Å². The Morgan fingerprint density at radius 3 is 2.50 bits per heavy atom. The van der Waals surface area contributed by atoms with Crippen LogP contribution in [0.2, 0.25) is 0 Å². The number of nitrogens with one attached hydrogen (secondary N) is 1. The van der Waals surface area contributed by atoms with Crippen molar-refractivity contribution in [1.82, 2.24) is 0 Å². The molecule has 0 unspecified atom stereocenters. The highest BCUT2D eigenvalue weighted by Gasteiger charge is 2.08. The molecule has 1 atom stereocenters. The Morgan fingerprint density at radius 2 is 2.00 bits per heavy atom. The van der Waals surface area contributed by atoms with Gasteiger partial charge in [0.2, 0.25) is 0 Å². The topological polar surface area (TPSA) is 55.1 Å². The first-order chi connectivity index (χ1) is 5.70. The second kappa shape index (κ2) is 4.09. The predicted octanol–water partition coefficient (Wildman–Crippen LogP) is 1.15. The Morgan fingerprint density at radius 1 is 1.42 bits per heavy atom. The van der Waals surface area contributed by atoms with Gasteiger partial charge in [-0.25, -0.2) is 0 Å². The quantitative estimate of drug-likeness (QED) is 0.547. The van der Waals surface area contributed by atoms with Gasteiger partial charge in [0, 0.05) is 5.69 Å². The van der Waals surface area contributed by atoms with E-state index in [-0.39, 0.29) is 0 Å². The Bertz CT molecular complexity index is 263. The van der Waals surface area contributed by atoms with E-state index in [4.69, 9.17) is 17.3 Å². The summed E-state index contributed by atoms with van der Waals surface area (Å²) in [6.07, 6.45) is -0.839. The molecule has 0 aromatic heterocycles. The number of rotatable bonds is 3. The monoisotopic (exact) mass is 184 g/mol. The van der Waals surface area contributed by atoms with Gasteiger partial charge < -0.3 is 11.1 Å². The van der Waals surface area contributed by atoms with Gasteiger partial charge in [0.15, 0.2) is 6.17 Å². The fourth-order valence-corrected chi connectivity index (χ4v) is 0.825. The molecule has 3 N–H and O–H groups in total. The zero-order valence-corrected chi connectivity index (χ0v) is 7.08. The smallest absolute Gasteiger partial charge is 0.258 e. The van der Waals surface area contributed by atoms with Crippen molar-refractivity contribution in [3.05, 3.63) is 30.3 Å². The van der Waals surface area contributed by atoms with E-state index in [1.807, 2.05) is 18.2 Å². The van der Waals surface area contributed by atoms with Crippen LogP contribution in [0.1, 0.15) is 0 Å². The third kappa shape index (κ3) is 2.53. The van der Waals surface area contributed by atoms with E-state index in [1.165, 1.54) is 0 Å². The number of nitrogens with two attached hydrogens (primary N) is 1. The molecule has 0 heterocycles. The molecule has 1 aromatic rings. The minimum atomic E-state index is -0.839. The summed E-state index contributed by atoms with van der Waals surface area (Å²) >= 11 is 5.15. The summed E-state index contributed by atoms with van der Waals surface area (Å²) in [4.78, 5) is 10.5. The van der Waals surface area contributed by atoms with Crippen molar-refractivity contribution < 1.29 is 4.79 Å². The van der Waals surface area contributed by atoms with Crippen LogP contribution in [0.3, 0.4) is 0 Å². The van der Waals surface area contributed by atoms with E-state index >= 15 is 0 Å². The summed E-state index contributed by atoms with van der Waals surface area (Å²) in [6, 6.07) is 9.17. The van der Waals surface area contributed by atoms with Crippen LogP contribution in [0, 0.1) is 0 Å². The van der Waals surface area contributed by atoms with Crippen molar-refractivity contribution >= 4 is 22.5 Å². The zero-order chi connectivity index (χ0) is 8.97. The molecule has 3 nitrogen and oxygen atoms in total. The van der Waals surface area contributed by atoms with Crippen molar-refractivity contribution in [2.75, 3.05) is 5.32 Å². The number of carbonyl (C=O) groups is 1. The van der Waals surface area contributed by atoms with Crippen molar-refractivity contribution in [3.63, 3.8) is 0 Å². The maximum absolute atomic E-state index is 10.5. The summed E-state index contributed by atoms with van der Waals surface area (Å²) < 4.78 is 0. The van der Waals surface area contributed by atoms with E-state index in [9.17, 15) is 4.79 Å². The SMILES string of the molecule is N[C@H](Nc1ccccc1)C(=O)Cl. The molecular formula is C8H9ClN2O. The van der Waals surface area contributed by atoms with Gasteiger partial charge in [-0.3, -0.25) is 4.79 Å². The lowest BCUT2D eigenvalue weighted by Gasteiger charge is -2.09. The predicted molar refractivity (Wildman–Crippen MR) is 48.9 cm³/mol. The molecule has 0 bridgehead atoms. The molecule has 0 spiro atoms. The van der Waals surface area contributed by atoms with Gasteiger partial charge in [-0.15, -0.1) is 0 Å². The molecule has 0 aliphatic carbocycles. The molecule has 0 aliphatic heterocycles. The van der Waals surface area contributed by atoms with Crippen molar-refractivity contribution in [3.8, 4) is 0 Å². The maximum Gasteiger partial charge on any atom is 0.258 e. The summed E-state index contributed by atoms with van der Waals surface area (Å²) in [5, 5.41) is 2.14. The number of carbonyl (C=O) groups excluding carboxylic acids is 1. The Kier molecular flexibility index (Phi) is 3.08. The molecule has 0 amide bonds. The maximum atomic E-state index is 10.5. The molecule has 12 heavy (non-hydrogen) atoms. The summed E-state index contributed by atoms with van der Waals surface area (Å²) in [6.45, 7) is 0. The number of halogens is 1. The second-order valence-corrected chi connectivity index (χ2v) is 2.66. The van der Waals surface area contributed by atoms with Gasteiger partial charge in [0.25, 0.3) is 5.24 Å². The van der Waals surface area contributed by atoms with Crippen LogP contribution in [-0.4, -0.2) is 11.4 Å². The Balaban J connectivity index is 2.58. The number of hydrogen-bond donors (Lipinski definition) is 2. The zero-order valence-electron chi connectivity index (χ0n) is 6.33. The van der Waals surface area contributed by atoms with Gasteiger partial charge in [0.05, 0.1) is 0 Å². The van der Waals surface area contributed by atoms with E-state index in [0.29, 0.717) is 0 Å². The average molecular weight is 185 g/mol. The first kappa shape index (κ1) is 9.03. The van der Waals surface area contributed by atoms with Gasteiger partial charge in [-0.1, -0.05) is 18.2 Å². The third-order valence-corrected chi connectivity index (χ3v) is 1.58. The molecule has 0 saturated heterocycles. The van der Waals surface area contributed by atoms with Crippen LogP contribution in [-0.2, 0) is 4.79 Å². The van der Waals surface area contributed by atoms with Crippen LogP contribution in [0.25, 0.3) is 0 Å². The second-order valence-electron chi connectivity index (χ2n) is 2.29. The van der Waals surface area contributed by atoms with Gasteiger partial charge in [-0.05, 0) is 23.7 Å². The van der Waals surface area contributed by atoms with E-state index < -0.39 is 11.4 Å². The van der Waals surface area contributed by atoms with E-state index in [2.05, 4.69) is 5.32 Å². The van der Waals surface area contributed by atoms with Crippen LogP contribution in [0.4, 0.5) is 5.69 Å². The lowest BCUT2D eigenvalue weighted by molar-refractivity contribution is -0.112. The average Bonchev–Trinajstić information content (AvgIpc) is 2.06. The summed E-state index contributed by atoms with van der Waals surface area (Å²) in [5.74, 6) is 0. The number of benzene rings is 1. The largest absolute Gasteiger partial charge is 0.363 e. The van der Waals surface area contributed by atoms with Crippen LogP contribution in [0.15, 0.2) is 30.3 Å². The standard InChI is InChI=1S/C8H9ClN2O/c9-7(12)8(10)11-6-4-2-1-3-5-6/h1-5,8,11H,10H2/t8-/m1/s1.